The van der Waals surface area contributed by atoms with Gasteiger partial charge in [0.25, 0.3) is 0 Å². The molecular formula is C13H28N2O3. The van der Waals surface area contributed by atoms with Gasteiger partial charge in [0.15, 0.2) is 0 Å². The molecule has 0 radical (unpaired) electrons. The van der Waals surface area contributed by atoms with Crippen molar-refractivity contribution in [2.75, 3.05) is 52.5 Å². The third-order valence-corrected chi connectivity index (χ3v) is 3.50. The van der Waals surface area contributed by atoms with Crippen LogP contribution in [0.5, 0.6) is 0 Å². The van der Waals surface area contributed by atoms with Gasteiger partial charge < -0.3 is 20.3 Å². The molecule has 1 rings (SSSR count). The zero-order valence-electron chi connectivity index (χ0n) is 11.5. The Morgan fingerprint density at radius 3 is 2.61 bits per heavy atom. The Morgan fingerprint density at radius 2 is 2.00 bits per heavy atom. The van der Waals surface area contributed by atoms with Crippen molar-refractivity contribution in [1.29, 1.82) is 0 Å². The first-order valence-corrected chi connectivity index (χ1v) is 7.06. The standard InChI is InChI=1S/C13H28N2O3/c1-2-12(3-6-16)9-14-10-13(17)11-15-4-7-18-8-5-15/h12-14,16-17H,2-11H2,1H3. The van der Waals surface area contributed by atoms with E-state index in [0.29, 0.717) is 19.0 Å². The maximum Gasteiger partial charge on any atom is 0.0791 e. The van der Waals surface area contributed by atoms with E-state index in [9.17, 15) is 5.11 Å². The molecule has 5 heteroatoms. The third kappa shape index (κ3) is 6.66. The highest BCUT2D eigenvalue weighted by Gasteiger charge is 2.14. The highest BCUT2D eigenvalue weighted by atomic mass is 16.5. The summed E-state index contributed by atoms with van der Waals surface area (Å²) in [6.45, 7) is 7.97. The minimum atomic E-state index is -0.324. The van der Waals surface area contributed by atoms with Gasteiger partial charge in [0.2, 0.25) is 0 Å². The van der Waals surface area contributed by atoms with E-state index in [-0.39, 0.29) is 12.7 Å². The fraction of sp³-hybridized carbons (Fsp3) is 1.00. The van der Waals surface area contributed by atoms with Gasteiger partial charge >= 0.3 is 0 Å². The molecule has 0 aromatic rings. The number of β-amino-alcohol motifs (C(OH)–C–C–N with tert-alkyl or cyclic N) is 1. The summed E-state index contributed by atoms with van der Waals surface area (Å²) >= 11 is 0. The van der Waals surface area contributed by atoms with Crippen LogP contribution in [0, 0.1) is 5.92 Å². The summed E-state index contributed by atoms with van der Waals surface area (Å²) in [4.78, 5) is 2.24. The lowest BCUT2D eigenvalue weighted by molar-refractivity contribution is 0.0148. The number of hydrogen-bond acceptors (Lipinski definition) is 5. The van der Waals surface area contributed by atoms with Crippen LogP contribution in [-0.4, -0.2) is 73.8 Å². The molecule has 0 bridgehead atoms. The Labute approximate surface area is 110 Å². The molecule has 18 heavy (non-hydrogen) atoms. The topological polar surface area (TPSA) is 65.0 Å². The zero-order valence-corrected chi connectivity index (χ0v) is 11.5. The lowest BCUT2D eigenvalue weighted by Crippen LogP contribution is -2.44. The summed E-state index contributed by atoms with van der Waals surface area (Å²) in [5.74, 6) is 0.505. The first-order valence-electron chi connectivity index (χ1n) is 7.06. The summed E-state index contributed by atoms with van der Waals surface area (Å²) < 4.78 is 5.27. The average Bonchev–Trinajstić information content (AvgIpc) is 2.39. The van der Waals surface area contributed by atoms with Crippen molar-refractivity contribution in [2.45, 2.75) is 25.9 Å². The van der Waals surface area contributed by atoms with Gasteiger partial charge in [0.05, 0.1) is 19.3 Å². The summed E-state index contributed by atoms with van der Waals surface area (Å²) in [5, 5.41) is 22.1. The Hall–Kier alpha value is -0.200. The van der Waals surface area contributed by atoms with Crippen LogP contribution >= 0.6 is 0 Å². The third-order valence-electron chi connectivity index (χ3n) is 3.50. The quantitative estimate of drug-likeness (QED) is 0.530. The van der Waals surface area contributed by atoms with Gasteiger partial charge in [0.1, 0.15) is 0 Å². The van der Waals surface area contributed by atoms with Crippen molar-refractivity contribution in [3.63, 3.8) is 0 Å². The van der Waals surface area contributed by atoms with Crippen LogP contribution in [0.1, 0.15) is 19.8 Å². The first-order chi connectivity index (χ1) is 8.76. The minimum absolute atomic E-state index is 0.247. The fourth-order valence-electron chi connectivity index (χ4n) is 2.23. The van der Waals surface area contributed by atoms with E-state index in [1.165, 1.54) is 0 Å². The number of aliphatic hydroxyl groups is 2. The molecule has 0 aromatic carbocycles. The van der Waals surface area contributed by atoms with Crippen LogP contribution in [0.25, 0.3) is 0 Å². The normalized spacial score (nSPS) is 20.8. The van der Waals surface area contributed by atoms with E-state index in [2.05, 4.69) is 17.1 Å². The van der Waals surface area contributed by atoms with Gasteiger partial charge in [-0.05, 0) is 18.9 Å². The molecular weight excluding hydrogens is 232 g/mol. The van der Waals surface area contributed by atoms with Crippen molar-refractivity contribution < 1.29 is 14.9 Å². The number of morpholine rings is 1. The second-order valence-corrected chi connectivity index (χ2v) is 5.01. The van der Waals surface area contributed by atoms with Crippen LogP contribution in [0.15, 0.2) is 0 Å². The van der Waals surface area contributed by atoms with Crippen molar-refractivity contribution in [3.05, 3.63) is 0 Å². The summed E-state index contributed by atoms with van der Waals surface area (Å²) in [7, 11) is 0. The van der Waals surface area contributed by atoms with Gasteiger partial charge in [-0.3, -0.25) is 4.90 Å². The maximum atomic E-state index is 9.92. The van der Waals surface area contributed by atoms with Gasteiger partial charge in [-0.2, -0.15) is 0 Å². The molecule has 0 saturated carbocycles. The molecule has 0 amide bonds. The fourth-order valence-corrected chi connectivity index (χ4v) is 2.23. The van der Waals surface area contributed by atoms with E-state index < -0.39 is 0 Å². The Morgan fingerprint density at radius 1 is 1.28 bits per heavy atom. The highest BCUT2D eigenvalue weighted by Crippen LogP contribution is 2.05. The van der Waals surface area contributed by atoms with Crippen LogP contribution in [0.3, 0.4) is 0 Å². The van der Waals surface area contributed by atoms with Crippen LogP contribution in [0.4, 0.5) is 0 Å². The Kier molecular flexibility index (Phi) is 8.54. The summed E-state index contributed by atoms with van der Waals surface area (Å²) in [6, 6.07) is 0. The van der Waals surface area contributed by atoms with E-state index in [4.69, 9.17) is 9.84 Å². The molecule has 108 valence electrons. The number of nitrogens with zero attached hydrogens (tertiary/aromatic N) is 1. The summed E-state index contributed by atoms with van der Waals surface area (Å²) in [6.07, 6.45) is 1.57. The Balaban J connectivity index is 2.06. The molecule has 2 atom stereocenters. The SMILES string of the molecule is CCC(CCO)CNCC(O)CN1CCOCC1. The van der Waals surface area contributed by atoms with Crippen LogP contribution in [-0.2, 0) is 4.74 Å². The monoisotopic (exact) mass is 260 g/mol. The van der Waals surface area contributed by atoms with Crippen molar-refractivity contribution in [3.8, 4) is 0 Å². The van der Waals surface area contributed by atoms with E-state index in [0.717, 1.165) is 45.7 Å². The number of aliphatic hydroxyl groups excluding tert-OH is 2. The molecule has 1 fully saturated rings. The predicted molar refractivity (Wildman–Crippen MR) is 71.6 cm³/mol. The highest BCUT2D eigenvalue weighted by molar-refractivity contribution is 4.70. The Bertz CT molecular complexity index is 199. The largest absolute Gasteiger partial charge is 0.396 e. The number of hydrogen-bond donors (Lipinski definition) is 3. The van der Waals surface area contributed by atoms with Crippen molar-refractivity contribution >= 4 is 0 Å². The summed E-state index contributed by atoms with van der Waals surface area (Å²) in [5.41, 5.74) is 0. The van der Waals surface area contributed by atoms with Crippen LogP contribution < -0.4 is 5.32 Å². The van der Waals surface area contributed by atoms with Gasteiger partial charge in [0, 0.05) is 32.8 Å². The molecule has 1 saturated heterocycles. The van der Waals surface area contributed by atoms with Gasteiger partial charge in [-0.25, -0.2) is 0 Å². The van der Waals surface area contributed by atoms with Crippen molar-refractivity contribution in [2.24, 2.45) is 5.92 Å². The van der Waals surface area contributed by atoms with E-state index >= 15 is 0 Å². The van der Waals surface area contributed by atoms with Crippen molar-refractivity contribution in [1.82, 2.24) is 10.2 Å². The smallest absolute Gasteiger partial charge is 0.0791 e. The molecule has 5 nitrogen and oxygen atoms in total. The molecule has 3 N–H and O–H groups in total. The van der Waals surface area contributed by atoms with Gasteiger partial charge in [-0.1, -0.05) is 13.3 Å². The number of nitrogens with one attached hydrogen (secondary N) is 1. The van der Waals surface area contributed by atoms with Crippen LogP contribution in [0.2, 0.25) is 0 Å². The van der Waals surface area contributed by atoms with E-state index in [1.54, 1.807) is 0 Å². The predicted octanol–water partition coefficient (Wildman–Crippen LogP) is -0.322. The first kappa shape index (κ1) is 15.9. The maximum absolute atomic E-state index is 9.92. The second kappa shape index (κ2) is 9.69. The zero-order chi connectivity index (χ0) is 13.2. The molecule has 1 heterocycles. The molecule has 1 aliphatic heterocycles. The molecule has 0 spiro atoms. The lowest BCUT2D eigenvalue weighted by Gasteiger charge is -2.28. The second-order valence-electron chi connectivity index (χ2n) is 5.01. The minimum Gasteiger partial charge on any atom is -0.396 e. The average molecular weight is 260 g/mol. The van der Waals surface area contributed by atoms with Gasteiger partial charge in [-0.15, -0.1) is 0 Å². The molecule has 1 aliphatic rings. The molecule has 0 aliphatic carbocycles. The number of ether oxygens (including phenoxy) is 1. The molecule has 0 aromatic heterocycles. The lowest BCUT2D eigenvalue weighted by atomic mass is 10.0. The van der Waals surface area contributed by atoms with E-state index in [1.807, 2.05) is 0 Å². The molecule has 2 unspecified atom stereocenters. The number of rotatable bonds is 9.